The Labute approximate surface area is 194 Å². The van der Waals surface area contributed by atoms with E-state index in [9.17, 15) is 4.39 Å². The highest BCUT2D eigenvalue weighted by molar-refractivity contribution is 5.57. The monoisotopic (exact) mass is 444 g/mol. The van der Waals surface area contributed by atoms with Gasteiger partial charge in [0, 0.05) is 6.07 Å². The van der Waals surface area contributed by atoms with Crippen LogP contribution in [0.1, 0.15) is 97.3 Å². The molecule has 1 heterocycles. The van der Waals surface area contributed by atoms with Crippen molar-refractivity contribution >= 4 is 0 Å². The van der Waals surface area contributed by atoms with E-state index >= 15 is 0 Å². The van der Waals surface area contributed by atoms with Crippen LogP contribution in [0.5, 0.6) is 11.5 Å². The van der Waals surface area contributed by atoms with Gasteiger partial charge in [0.1, 0.15) is 11.6 Å². The molecule has 0 aliphatic rings. The third-order valence-electron chi connectivity index (χ3n) is 5.59. The third kappa shape index (κ3) is 10.4. The summed E-state index contributed by atoms with van der Waals surface area (Å²) in [4.78, 5) is 8.56. The minimum Gasteiger partial charge on any atom is -0.493 e. The van der Waals surface area contributed by atoms with E-state index in [2.05, 4.69) is 23.8 Å². The van der Waals surface area contributed by atoms with Crippen molar-refractivity contribution in [2.24, 2.45) is 0 Å². The molecule has 4 nitrogen and oxygen atoms in total. The molecule has 5 heteroatoms. The first-order valence-electron chi connectivity index (χ1n) is 12.6. The molecule has 178 valence electrons. The molecule has 0 fully saturated rings. The molecular weight excluding hydrogens is 403 g/mol. The standard InChI is InChI=1S/C27H41FN2O2/c1-3-5-7-9-11-13-15-19-32-24-21-29-27(30-22-24)25-17-16-23(20-26(25)28)31-18-14-12-10-8-6-4-2/h16-17,20-22H,3-15,18-19H2,1-2H3. The van der Waals surface area contributed by atoms with Gasteiger partial charge >= 0.3 is 0 Å². The van der Waals surface area contributed by atoms with E-state index in [1.165, 1.54) is 70.3 Å². The van der Waals surface area contributed by atoms with Gasteiger partial charge in [0.05, 0.1) is 31.2 Å². The second-order valence-electron chi connectivity index (χ2n) is 8.47. The van der Waals surface area contributed by atoms with Crippen molar-refractivity contribution in [3.05, 3.63) is 36.4 Å². The molecule has 1 aromatic carbocycles. The van der Waals surface area contributed by atoms with Crippen LogP contribution in [0.3, 0.4) is 0 Å². The summed E-state index contributed by atoms with van der Waals surface area (Å²) in [6, 6.07) is 4.88. The van der Waals surface area contributed by atoms with Crippen molar-refractivity contribution in [3.8, 4) is 22.9 Å². The predicted octanol–water partition coefficient (Wildman–Crippen LogP) is 8.15. The Morgan fingerprint density at radius 1 is 0.656 bits per heavy atom. The highest BCUT2D eigenvalue weighted by atomic mass is 19.1. The zero-order chi connectivity index (χ0) is 22.9. The summed E-state index contributed by atoms with van der Waals surface area (Å²) >= 11 is 0. The van der Waals surface area contributed by atoms with Crippen LogP contribution >= 0.6 is 0 Å². The summed E-state index contributed by atoms with van der Waals surface area (Å²) in [5, 5.41) is 0. The average Bonchev–Trinajstić information content (AvgIpc) is 2.81. The van der Waals surface area contributed by atoms with Gasteiger partial charge in [-0.15, -0.1) is 0 Å². The van der Waals surface area contributed by atoms with Crippen molar-refractivity contribution in [2.75, 3.05) is 13.2 Å². The van der Waals surface area contributed by atoms with Crippen LogP contribution in [-0.4, -0.2) is 23.2 Å². The summed E-state index contributed by atoms with van der Waals surface area (Å²) in [5.41, 5.74) is 0.371. The quantitative estimate of drug-likeness (QED) is 0.218. The Morgan fingerprint density at radius 2 is 1.16 bits per heavy atom. The van der Waals surface area contributed by atoms with E-state index in [1.54, 1.807) is 24.5 Å². The number of halogens is 1. The molecule has 0 bridgehead atoms. The SMILES string of the molecule is CCCCCCCCCOc1cnc(-c2ccc(OCCCCCCCC)cc2F)nc1. The van der Waals surface area contributed by atoms with Gasteiger partial charge in [0.15, 0.2) is 11.6 Å². The maximum Gasteiger partial charge on any atom is 0.162 e. The molecule has 0 saturated carbocycles. The molecule has 0 saturated heterocycles. The number of hydrogen-bond acceptors (Lipinski definition) is 4. The molecule has 2 aromatic rings. The number of benzene rings is 1. The normalized spacial score (nSPS) is 11.0. The first-order chi connectivity index (χ1) is 15.7. The van der Waals surface area contributed by atoms with Crippen LogP contribution < -0.4 is 9.47 Å². The summed E-state index contributed by atoms with van der Waals surface area (Å²) in [7, 11) is 0. The Hall–Kier alpha value is -2.17. The Morgan fingerprint density at radius 3 is 1.69 bits per heavy atom. The van der Waals surface area contributed by atoms with E-state index in [1.807, 2.05) is 0 Å². The minimum absolute atomic E-state index is 0.355. The van der Waals surface area contributed by atoms with Crippen LogP contribution in [0.15, 0.2) is 30.6 Å². The van der Waals surface area contributed by atoms with Crippen molar-refractivity contribution in [3.63, 3.8) is 0 Å². The Bertz CT molecular complexity index is 737. The number of nitrogens with zero attached hydrogens (tertiary/aromatic N) is 2. The van der Waals surface area contributed by atoms with Crippen molar-refractivity contribution in [1.82, 2.24) is 9.97 Å². The Balaban J connectivity index is 1.70. The maximum absolute atomic E-state index is 14.6. The van der Waals surface area contributed by atoms with Gasteiger partial charge in [0.25, 0.3) is 0 Å². The largest absolute Gasteiger partial charge is 0.493 e. The zero-order valence-electron chi connectivity index (χ0n) is 20.1. The molecule has 1 aromatic heterocycles. The van der Waals surface area contributed by atoms with Gasteiger partial charge in [-0.25, -0.2) is 14.4 Å². The lowest BCUT2D eigenvalue weighted by molar-refractivity contribution is 0.302. The van der Waals surface area contributed by atoms with Gasteiger partial charge in [-0.2, -0.15) is 0 Å². The van der Waals surface area contributed by atoms with E-state index in [4.69, 9.17) is 9.47 Å². The van der Waals surface area contributed by atoms with Crippen LogP contribution in [-0.2, 0) is 0 Å². The summed E-state index contributed by atoms with van der Waals surface area (Å²) < 4.78 is 26.0. The molecule has 0 aliphatic heterocycles. The third-order valence-corrected chi connectivity index (χ3v) is 5.59. The lowest BCUT2D eigenvalue weighted by Gasteiger charge is -2.09. The summed E-state index contributed by atoms with van der Waals surface area (Å²) in [6.45, 7) is 5.73. The summed E-state index contributed by atoms with van der Waals surface area (Å²) in [5.74, 6) is 1.16. The van der Waals surface area contributed by atoms with Gasteiger partial charge in [0.2, 0.25) is 0 Å². The van der Waals surface area contributed by atoms with E-state index < -0.39 is 0 Å². The average molecular weight is 445 g/mol. The van der Waals surface area contributed by atoms with Crippen LogP contribution in [0, 0.1) is 5.82 Å². The van der Waals surface area contributed by atoms with E-state index in [0.717, 1.165) is 19.3 Å². The molecule has 0 radical (unpaired) electrons. The van der Waals surface area contributed by atoms with Crippen LogP contribution in [0.25, 0.3) is 11.4 Å². The molecule has 0 spiro atoms. The molecule has 0 N–H and O–H groups in total. The van der Waals surface area contributed by atoms with Crippen LogP contribution in [0.4, 0.5) is 4.39 Å². The second kappa shape index (κ2) is 16.5. The molecule has 2 rings (SSSR count). The lowest BCUT2D eigenvalue weighted by Crippen LogP contribution is -2.00. The van der Waals surface area contributed by atoms with Crippen molar-refractivity contribution in [2.45, 2.75) is 97.3 Å². The number of aromatic nitrogens is 2. The second-order valence-corrected chi connectivity index (χ2v) is 8.47. The van der Waals surface area contributed by atoms with Gasteiger partial charge < -0.3 is 9.47 Å². The topological polar surface area (TPSA) is 44.2 Å². The smallest absolute Gasteiger partial charge is 0.162 e. The predicted molar refractivity (Wildman–Crippen MR) is 130 cm³/mol. The van der Waals surface area contributed by atoms with Crippen LogP contribution in [0.2, 0.25) is 0 Å². The summed E-state index contributed by atoms with van der Waals surface area (Å²) in [6.07, 6.45) is 19.2. The molecule has 0 amide bonds. The molecule has 32 heavy (non-hydrogen) atoms. The maximum atomic E-state index is 14.6. The fraction of sp³-hybridized carbons (Fsp3) is 0.630. The number of unbranched alkanes of at least 4 members (excludes halogenated alkanes) is 11. The first-order valence-corrected chi connectivity index (χ1v) is 12.6. The van der Waals surface area contributed by atoms with Crippen molar-refractivity contribution < 1.29 is 13.9 Å². The Kier molecular flexibility index (Phi) is 13.4. The van der Waals surface area contributed by atoms with E-state index in [-0.39, 0.29) is 5.82 Å². The van der Waals surface area contributed by atoms with Crippen molar-refractivity contribution in [1.29, 1.82) is 0 Å². The van der Waals surface area contributed by atoms with Gasteiger partial charge in [-0.1, -0.05) is 84.5 Å². The molecule has 0 atom stereocenters. The number of hydrogen-bond donors (Lipinski definition) is 0. The fourth-order valence-corrected chi connectivity index (χ4v) is 3.62. The number of rotatable bonds is 18. The fourth-order valence-electron chi connectivity index (χ4n) is 3.62. The van der Waals surface area contributed by atoms with Gasteiger partial charge in [-0.05, 0) is 25.0 Å². The van der Waals surface area contributed by atoms with Gasteiger partial charge in [-0.3, -0.25) is 0 Å². The lowest BCUT2D eigenvalue weighted by atomic mass is 10.1. The number of ether oxygens (including phenoxy) is 2. The highest BCUT2D eigenvalue weighted by Crippen LogP contribution is 2.24. The first kappa shape index (κ1) is 26.1. The molecule has 0 unspecified atom stereocenters. The molecular formula is C27H41FN2O2. The molecule has 0 aliphatic carbocycles. The highest BCUT2D eigenvalue weighted by Gasteiger charge is 2.10. The minimum atomic E-state index is -0.373. The van der Waals surface area contributed by atoms with E-state index in [0.29, 0.717) is 36.1 Å². The zero-order valence-corrected chi connectivity index (χ0v) is 20.1.